The Kier molecular flexibility index (Phi) is 8.01. The fourth-order valence-electron chi connectivity index (χ4n) is 1.64. The SMILES string of the molecule is COC(=O)C=C(C)CCC(C=CC(C)=O)C(C)C. The maximum absolute atomic E-state index is 11.1. The second-order valence-corrected chi connectivity index (χ2v) is 4.93. The van der Waals surface area contributed by atoms with Crippen LogP contribution < -0.4 is 0 Å². The number of carbonyl (C=O) groups excluding carboxylic acids is 2. The lowest BCUT2D eigenvalue weighted by atomic mass is 9.89. The Labute approximate surface area is 110 Å². The predicted octanol–water partition coefficient (Wildman–Crippen LogP) is 3.30. The molecule has 0 amide bonds. The first kappa shape index (κ1) is 16.6. The molecule has 0 aliphatic rings. The number of allylic oxidation sites excluding steroid dienone is 3. The van der Waals surface area contributed by atoms with Crippen molar-refractivity contribution in [1.82, 2.24) is 0 Å². The second kappa shape index (κ2) is 8.67. The highest BCUT2D eigenvalue weighted by atomic mass is 16.5. The van der Waals surface area contributed by atoms with Crippen molar-refractivity contribution in [3.63, 3.8) is 0 Å². The summed E-state index contributed by atoms with van der Waals surface area (Å²) in [4.78, 5) is 22.0. The van der Waals surface area contributed by atoms with Crippen molar-refractivity contribution in [2.75, 3.05) is 7.11 Å². The number of methoxy groups -OCH3 is 1. The number of ketones is 1. The molecule has 3 nitrogen and oxygen atoms in total. The van der Waals surface area contributed by atoms with Gasteiger partial charge in [0.05, 0.1) is 7.11 Å². The molecule has 0 saturated carbocycles. The lowest BCUT2D eigenvalue weighted by molar-refractivity contribution is -0.134. The van der Waals surface area contributed by atoms with Crippen molar-refractivity contribution in [3.8, 4) is 0 Å². The molecule has 0 fully saturated rings. The van der Waals surface area contributed by atoms with Gasteiger partial charge in [-0.3, -0.25) is 4.79 Å². The van der Waals surface area contributed by atoms with E-state index in [-0.39, 0.29) is 11.8 Å². The number of hydrogen-bond donors (Lipinski definition) is 0. The van der Waals surface area contributed by atoms with Gasteiger partial charge in [0.2, 0.25) is 0 Å². The summed E-state index contributed by atoms with van der Waals surface area (Å²) in [6, 6.07) is 0. The van der Waals surface area contributed by atoms with Crippen molar-refractivity contribution >= 4 is 11.8 Å². The molecule has 0 heterocycles. The molecule has 0 spiro atoms. The maximum atomic E-state index is 11.1. The van der Waals surface area contributed by atoms with Crippen LogP contribution in [-0.2, 0) is 14.3 Å². The van der Waals surface area contributed by atoms with Gasteiger partial charge in [0.15, 0.2) is 5.78 Å². The molecule has 1 atom stereocenters. The molecule has 0 aromatic heterocycles. The molecule has 0 N–H and O–H groups in total. The van der Waals surface area contributed by atoms with Crippen LogP contribution in [0.15, 0.2) is 23.8 Å². The Morgan fingerprint density at radius 3 is 2.28 bits per heavy atom. The summed E-state index contributed by atoms with van der Waals surface area (Å²) in [7, 11) is 1.37. The number of hydrogen-bond acceptors (Lipinski definition) is 3. The summed E-state index contributed by atoms with van der Waals surface area (Å²) >= 11 is 0. The quantitative estimate of drug-likeness (QED) is 0.516. The highest BCUT2D eigenvalue weighted by molar-refractivity contribution is 5.87. The maximum Gasteiger partial charge on any atom is 0.330 e. The second-order valence-electron chi connectivity index (χ2n) is 4.93. The first-order chi connectivity index (χ1) is 8.36. The zero-order chi connectivity index (χ0) is 14.1. The summed E-state index contributed by atoms with van der Waals surface area (Å²) in [5.74, 6) is 0.594. The molecule has 1 unspecified atom stereocenters. The van der Waals surface area contributed by atoms with Gasteiger partial charge in [-0.05, 0) is 44.6 Å². The first-order valence-corrected chi connectivity index (χ1v) is 6.30. The summed E-state index contributed by atoms with van der Waals surface area (Å²) in [5.41, 5.74) is 1.00. The van der Waals surface area contributed by atoms with Gasteiger partial charge in [-0.2, -0.15) is 0 Å². The molecule has 0 radical (unpaired) electrons. The normalized spacial score (nSPS) is 14.0. The van der Waals surface area contributed by atoms with Gasteiger partial charge in [-0.25, -0.2) is 4.79 Å². The van der Waals surface area contributed by atoms with E-state index in [2.05, 4.69) is 18.6 Å². The van der Waals surface area contributed by atoms with Crippen molar-refractivity contribution < 1.29 is 14.3 Å². The van der Waals surface area contributed by atoms with E-state index < -0.39 is 0 Å². The number of carbonyl (C=O) groups is 2. The Balaban J connectivity index is 4.40. The molecular weight excluding hydrogens is 228 g/mol. The zero-order valence-electron chi connectivity index (χ0n) is 12.0. The van der Waals surface area contributed by atoms with Crippen molar-refractivity contribution in [1.29, 1.82) is 0 Å². The van der Waals surface area contributed by atoms with Crippen LogP contribution in [0.3, 0.4) is 0 Å². The molecule has 0 aromatic carbocycles. The van der Waals surface area contributed by atoms with Crippen LogP contribution in [0.25, 0.3) is 0 Å². The Bertz CT molecular complexity index is 338. The molecule has 18 heavy (non-hydrogen) atoms. The molecule has 102 valence electrons. The number of esters is 1. The molecule has 0 aliphatic carbocycles. The van der Waals surface area contributed by atoms with E-state index in [9.17, 15) is 9.59 Å². The van der Waals surface area contributed by atoms with E-state index in [0.717, 1.165) is 18.4 Å². The fourth-order valence-corrected chi connectivity index (χ4v) is 1.64. The van der Waals surface area contributed by atoms with Crippen molar-refractivity contribution in [2.45, 2.75) is 40.5 Å². The van der Waals surface area contributed by atoms with Crippen molar-refractivity contribution in [2.24, 2.45) is 11.8 Å². The Morgan fingerprint density at radius 2 is 1.83 bits per heavy atom. The number of rotatable bonds is 7. The van der Waals surface area contributed by atoms with Gasteiger partial charge in [0, 0.05) is 6.08 Å². The topological polar surface area (TPSA) is 43.4 Å². The van der Waals surface area contributed by atoms with E-state index in [4.69, 9.17) is 0 Å². The van der Waals surface area contributed by atoms with Gasteiger partial charge in [-0.15, -0.1) is 0 Å². The summed E-state index contributed by atoms with van der Waals surface area (Å²) in [5, 5.41) is 0. The van der Waals surface area contributed by atoms with Crippen LogP contribution in [0.5, 0.6) is 0 Å². The summed E-state index contributed by atoms with van der Waals surface area (Å²) < 4.78 is 4.58. The minimum absolute atomic E-state index is 0.0717. The molecular formula is C15H24O3. The molecule has 0 saturated heterocycles. The Morgan fingerprint density at radius 1 is 1.22 bits per heavy atom. The third-order valence-electron chi connectivity index (χ3n) is 2.87. The molecule has 0 rings (SSSR count). The van der Waals surface area contributed by atoms with Crippen LogP contribution >= 0.6 is 0 Å². The van der Waals surface area contributed by atoms with Crippen LogP contribution in [0.4, 0.5) is 0 Å². The van der Waals surface area contributed by atoms with Crippen LogP contribution in [-0.4, -0.2) is 18.9 Å². The van der Waals surface area contributed by atoms with Crippen molar-refractivity contribution in [3.05, 3.63) is 23.8 Å². The number of ether oxygens (including phenoxy) is 1. The summed E-state index contributed by atoms with van der Waals surface area (Å²) in [6.45, 7) is 7.74. The summed E-state index contributed by atoms with van der Waals surface area (Å²) in [6.07, 6.45) is 6.88. The average Bonchev–Trinajstić information content (AvgIpc) is 2.27. The van der Waals surface area contributed by atoms with Gasteiger partial charge in [-0.1, -0.05) is 25.5 Å². The minimum atomic E-state index is -0.312. The standard InChI is InChI=1S/C15H24O3/c1-11(2)14(9-7-13(4)16)8-6-12(3)10-15(17)18-5/h7,9-11,14H,6,8H2,1-5H3. The van der Waals surface area contributed by atoms with E-state index in [1.165, 1.54) is 13.2 Å². The third kappa shape index (κ3) is 7.82. The lowest BCUT2D eigenvalue weighted by Gasteiger charge is -2.16. The highest BCUT2D eigenvalue weighted by Gasteiger charge is 2.10. The minimum Gasteiger partial charge on any atom is -0.466 e. The monoisotopic (exact) mass is 252 g/mol. The van der Waals surface area contributed by atoms with Crippen LogP contribution in [0.1, 0.15) is 40.5 Å². The first-order valence-electron chi connectivity index (χ1n) is 6.30. The predicted molar refractivity (Wildman–Crippen MR) is 73.2 cm³/mol. The van der Waals surface area contributed by atoms with Gasteiger partial charge < -0.3 is 4.74 Å². The molecule has 0 bridgehead atoms. The van der Waals surface area contributed by atoms with E-state index >= 15 is 0 Å². The van der Waals surface area contributed by atoms with E-state index in [0.29, 0.717) is 11.8 Å². The third-order valence-corrected chi connectivity index (χ3v) is 2.87. The molecule has 0 aliphatic heterocycles. The zero-order valence-corrected chi connectivity index (χ0v) is 12.0. The van der Waals surface area contributed by atoms with Crippen LogP contribution in [0, 0.1) is 11.8 Å². The van der Waals surface area contributed by atoms with Gasteiger partial charge in [0.25, 0.3) is 0 Å². The van der Waals surface area contributed by atoms with E-state index in [1.807, 2.05) is 13.0 Å². The fraction of sp³-hybridized carbons (Fsp3) is 0.600. The van der Waals surface area contributed by atoms with Crippen LogP contribution in [0.2, 0.25) is 0 Å². The average molecular weight is 252 g/mol. The largest absolute Gasteiger partial charge is 0.466 e. The van der Waals surface area contributed by atoms with Gasteiger partial charge >= 0.3 is 5.97 Å². The van der Waals surface area contributed by atoms with E-state index in [1.54, 1.807) is 13.0 Å². The lowest BCUT2D eigenvalue weighted by Crippen LogP contribution is -2.07. The molecule has 0 aromatic rings. The smallest absolute Gasteiger partial charge is 0.330 e. The van der Waals surface area contributed by atoms with Gasteiger partial charge in [0.1, 0.15) is 0 Å². The Hall–Kier alpha value is -1.38. The molecule has 3 heteroatoms. The highest BCUT2D eigenvalue weighted by Crippen LogP contribution is 2.21.